The van der Waals surface area contributed by atoms with Gasteiger partial charge >= 0.3 is 0 Å². The van der Waals surface area contributed by atoms with Crippen LogP contribution in [0.1, 0.15) is 28.8 Å². The molecule has 1 aromatic carbocycles. The topological polar surface area (TPSA) is 60.8 Å². The maximum absolute atomic E-state index is 13.3. The molecule has 106 valence electrons. The molecule has 0 spiro atoms. The van der Waals surface area contributed by atoms with E-state index in [-0.39, 0.29) is 30.7 Å². The number of amides is 1. The fraction of sp³-hybridized carbons (Fsp3) is 0.400. The molecule has 1 fully saturated rings. The number of aliphatic hydroxyl groups is 2. The van der Waals surface area contributed by atoms with Crippen LogP contribution in [-0.4, -0.2) is 46.8 Å². The van der Waals surface area contributed by atoms with Gasteiger partial charge in [0, 0.05) is 12.1 Å². The average Bonchev–Trinajstić information content (AvgIpc) is 2.93. The summed E-state index contributed by atoms with van der Waals surface area (Å²) in [5, 5.41) is 18.0. The highest BCUT2D eigenvalue weighted by Gasteiger charge is 2.29. The van der Waals surface area contributed by atoms with Crippen molar-refractivity contribution < 1.29 is 19.4 Å². The lowest BCUT2D eigenvalue weighted by atomic mass is 10.1. The Morgan fingerprint density at radius 2 is 2.25 bits per heavy atom. The van der Waals surface area contributed by atoms with Crippen LogP contribution in [-0.2, 0) is 0 Å². The summed E-state index contributed by atoms with van der Waals surface area (Å²) in [6.45, 7) is 0.145. The maximum Gasteiger partial charge on any atom is 0.255 e. The van der Waals surface area contributed by atoms with Gasteiger partial charge in [-0.15, -0.1) is 0 Å². The monoisotopic (exact) mass is 277 g/mol. The molecule has 0 aromatic heterocycles. The highest BCUT2D eigenvalue weighted by molar-refractivity contribution is 5.97. The van der Waals surface area contributed by atoms with Crippen molar-refractivity contribution in [2.45, 2.75) is 18.9 Å². The molecular weight excluding hydrogens is 261 g/mol. The molecule has 0 radical (unpaired) electrons. The Morgan fingerprint density at radius 3 is 2.95 bits per heavy atom. The second-order valence-corrected chi connectivity index (χ2v) is 4.63. The van der Waals surface area contributed by atoms with Crippen molar-refractivity contribution in [1.82, 2.24) is 4.90 Å². The van der Waals surface area contributed by atoms with Gasteiger partial charge in [-0.25, -0.2) is 4.39 Å². The molecule has 1 aliphatic rings. The van der Waals surface area contributed by atoms with E-state index >= 15 is 0 Å². The Morgan fingerprint density at radius 1 is 1.45 bits per heavy atom. The predicted molar refractivity (Wildman–Crippen MR) is 71.5 cm³/mol. The van der Waals surface area contributed by atoms with E-state index in [1.54, 1.807) is 4.90 Å². The Balaban J connectivity index is 2.34. The zero-order chi connectivity index (χ0) is 14.5. The number of nitrogens with zero attached hydrogens (tertiary/aromatic N) is 1. The Hall–Kier alpha value is -1.90. The van der Waals surface area contributed by atoms with Gasteiger partial charge in [-0.1, -0.05) is 11.8 Å². The van der Waals surface area contributed by atoms with E-state index in [0.29, 0.717) is 12.1 Å². The third kappa shape index (κ3) is 2.98. The Labute approximate surface area is 116 Å². The zero-order valence-electron chi connectivity index (χ0n) is 11.0. The van der Waals surface area contributed by atoms with E-state index in [0.717, 1.165) is 12.8 Å². The van der Waals surface area contributed by atoms with Crippen LogP contribution >= 0.6 is 0 Å². The van der Waals surface area contributed by atoms with Gasteiger partial charge in [0.05, 0.1) is 18.2 Å². The molecule has 0 aliphatic carbocycles. The van der Waals surface area contributed by atoms with Crippen molar-refractivity contribution in [2.24, 2.45) is 0 Å². The summed E-state index contributed by atoms with van der Waals surface area (Å²) in [4.78, 5) is 14.1. The number of rotatable bonds is 2. The summed E-state index contributed by atoms with van der Waals surface area (Å²) in [5.74, 6) is 4.27. The number of hydrogen-bond acceptors (Lipinski definition) is 3. The van der Waals surface area contributed by atoms with E-state index in [1.807, 2.05) is 0 Å². The van der Waals surface area contributed by atoms with Crippen LogP contribution < -0.4 is 0 Å². The van der Waals surface area contributed by atoms with E-state index in [4.69, 9.17) is 5.11 Å². The third-order valence-corrected chi connectivity index (χ3v) is 3.36. The number of likely N-dealkylation sites (tertiary alicyclic amines) is 1. The molecule has 2 N–H and O–H groups in total. The first-order chi connectivity index (χ1) is 9.67. The lowest BCUT2D eigenvalue weighted by molar-refractivity contribution is 0.0677. The van der Waals surface area contributed by atoms with Crippen LogP contribution in [0.2, 0.25) is 0 Å². The smallest absolute Gasteiger partial charge is 0.255 e. The Kier molecular flexibility index (Phi) is 4.72. The molecule has 1 unspecified atom stereocenters. The molecule has 4 nitrogen and oxygen atoms in total. The molecule has 20 heavy (non-hydrogen) atoms. The van der Waals surface area contributed by atoms with Gasteiger partial charge in [0.2, 0.25) is 0 Å². The number of carbonyl (C=O) groups is 1. The summed E-state index contributed by atoms with van der Waals surface area (Å²) in [7, 11) is 0. The number of benzene rings is 1. The summed E-state index contributed by atoms with van der Waals surface area (Å²) in [6.07, 6.45) is 1.61. The fourth-order valence-electron chi connectivity index (χ4n) is 2.39. The molecule has 0 bridgehead atoms. The standard InChI is InChI=1S/C15H16FNO3/c16-12-5-6-14(11(9-12)3-2-8-18)15(20)17-7-1-4-13(17)10-19/h5-6,9,13,18-19H,1,4,7-8,10H2. The van der Waals surface area contributed by atoms with Crippen molar-refractivity contribution in [1.29, 1.82) is 0 Å². The molecule has 1 aromatic rings. The summed E-state index contributed by atoms with van der Waals surface area (Å²) in [6, 6.07) is 3.60. The molecule has 1 atom stereocenters. The SMILES string of the molecule is O=C(c1ccc(F)cc1C#CCO)N1CCCC1CO. The number of hydrogen-bond donors (Lipinski definition) is 2. The molecular formula is C15H16FNO3. The number of carbonyl (C=O) groups excluding carboxylic acids is 1. The van der Waals surface area contributed by atoms with Crippen molar-refractivity contribution in [3.05, 3.63) is 35.1 Å². The van der Waals surface area contributed by atoms with E-state index in [2.05, 4.69) is 11.8 Å². The van der Waals surface area contributed by atoms with Crippen LogP contribution in [0, 0.1) is 17.7 Å². The van der Waals surface area contributed by atoms with Crippen molar-refractivity contribution >= 4 is 5.91 Å². The highest BCUT2D eigenvalue weighted by atomic mass is 19.1. The average molecular weight is 277 g/mol. The van der Waals surface area contributed by atoms with Crippen LogP contribution in [0.4, 0.5) is 4.39 Å². The van der Waals surface area contributed by atoms with Crippen LogP contribution in [0.5, 0.6) is 0 Å². The minimum atomic E-state index is -0.482. The van der Waals surface area contributed by atoms with Crippen LogP contribution in [0.15, 0.2) is 18.2 Å². The maximum atomic E-state index is 13.3. The highest BCUT2D eigenvalue weighted by Crippen LogP contribution is 2.21. The first kappa shape index (κ1) is 14.5. The second-order valence-electron chi connectivity index (χ2n) is 4.63. The third-order valence-electron chi connectivity index (χ3n) is 3.36. The molecule has 1 heterocycles. The Bertz CT molecular complexity index is 562. The zero-order valence-corrected chi connectivity index (χ0v) is 11.0. The lowest BCUT2D eigenvalue weighted by Gasteiger charge is -2.23. The van der Waals surface area contributed by atoms with Crippen molar-refractivity contribution in [3.8, 4) is 11.8 Å². The van der Waals surface area contributed by atoms with Crippen molar-refractivity contribution in [3.63, 3.8) is 0 Å². The molecule has 5 heteroatoms. The lowest BCUT2D eigenvalue weighted by Crippen LogP contribution is -2.38. The van der Waals surface area contributed by atoms with E-state index < -0.39 is 5.82 Å². The fourth-order valence-corrected chi connectivity index (χ4v) is 2.39. The number of aliphatic hydroxyl groups excluding tert-OH is 2. The largest absolute Gasteiger partial charge is 0.394 e. The first-order valence-corrected chi connectivity index (χ1v) is 6.48. The second kappa shape index (κ2) is 6.51. The minimum Gasteiger partial charge on any atom is -0.394 e. The molecule has 1 saturated heterocycles. The van der Waals surface area contributed by atoms with Gasteiger partial charge < -0.3 is 15.1 Å². The predicted octanol–water partition coefficient (Wildman–Crippen LogP) is 0.766. The van der Waals surface area contributed by atoms with E-state index in [1.165, 1.54) is 18.2 Å². The quantitative estimate of drug-likeness (QED) is 0.785. The van der Waals surface area contributed by atoms with Crippen molar-refractivity contribution in [2.75, 3.05) is 19.8 Å². The summed E-state index contributed by atoms with van der Waals surface area (Å²) < 4.78 is 13.3. The van der Waals surface area contributed by atoms with E-state index in [9.17, 15) is 14.3 Å². The molecule has 0 saturated carbocycles. The molecule has 1 amide bonds. The van der Waals surface area contributed by atoms with Gasteiger partial charge in [-0.05, 0) is 31.0 Å². The van der Waals surface area contributed by atoms with Gasteiger partial charge in [-0.2, -0.15) is 0 Å². The first-order valence-electron chi connectivity index (χ1n) is 6.48. The summed E-state index contributed by atoms with van der Waals surface area (Å²) in [5.41, 5.74) is 0.556. The van der Waals surface area contributed by atoms with Gasteiger partial charge in [0.1, 0.15) is 12.4 Å². The van der Waals surface area contributed by atoms with Gasteiger partial charge in [0.25, 0.3) is 5.91 Å². The molecule has 2 rings (SSSR count). The molecule has 1 aliphatic heterocycles. The normalized spacial score (nSPS) is 17.8. The van der Waals surface area contributed by atoms with Crippen LogP contribution in [0.3, 0.4) is 0 Å². The minimum absolute atomic E-state index is 0.0788. The summed E-state index contributed by atoms with van der Waals surface area (Å²) >= 11 is 0. The van der Waals surface area contributed by atoms with Crippen LogP contribution in [0.25, 0.3) is 0 Å². The van der Waals surface area contributed by atoms with Gasteiger partial charge in [-0.3, -0.25) is 4.79 Å². The number of halogens is 1. The van der Waals surface area contributed by atoms with Gasteiger partial charge in [0.15, 0.2) is 0 Å².